The van der Waals surface area contributed by atoms with Crippen LogP contribution < -0.4 is 5.32 Å². The maximum atomic E-state index is 13.1. The SMILES string of the molecule is CN(C)CCCNC(=O)c1sccc1S(=O)(=O)N1CCc2ccccc2C1. The number of nitrogens with zero attached hydrogens (tertiary/aromatic N) is 2. The predicted octanol–water partition coefficient (Wildman–Crippen LogP) is 2.18. The Hall–Kier alpha value is -1.74. The topological polar surface area (TPSA) is 69.7 Å². The molecule has 8 heteroatoms. The number of benzene rings is 1. The Balaban J connectivity index is 1.73. The van der Waals surface area contributed by atoms with E-state index in [0.29, 0.717) is 26.1 Å². The molecular formula is C19H25N3O3S2. The third-order valence-electron chi connectivity index (χ3n) is 4.62. The molecule has 0 atom stereocenters. The van der Waals surface area contributed by atoms with Crippen molar-refractivity contribution in [2.75, 3.05) is 33.7 Å². The van der Waals surface area contributed by atoms with E-state index >= 15 is 0 Å². The second-order valence-corrected chi connectivity index (χ2v) is 9.71. The monoisotopic (exact) mass is 407 g/mol. The molecule has 2 aromatic rings. The molecule has 1 aliphatic heterocycles. The van der Waals surface area contributed by atoms with Crippen molar-refractivity contribution >= 4 is 27.3 Å². The maximum Gasteiger partial charge on any atom is 0.262 e. The first-order valence-corrected chi connectivity index (χ1v) is 11.3. The fourth-order valence-corrected chi connectivity index (χ4v) is 5.89. The third-order valence-corrected chi connectivity index (χ3v) is 7.55. The van der Waals surface area contributed by atoms with Gasteiger partial charge in [-0.25, -0.2) is 8.42 Å². The molecule has 0 spiro atoms. The van der Waals surface area contributed by atoms with Crippen LogP contribution in [-0.4, -0.2) is 57.3 Å². The number of thiophene rings is 1. The van der Waals surface area contributed by atoms with Gasteiger partial charge in [-0.1, -0.05) is 24.3 Å². The summed E-state index contributed by atoms with van der Waals surface area (Å²) in [4.78, 5) is 14.9. The van der Waals surface area contributed by atoms with Crippen molar-refractivity contribution in [2.24, 2.45) is 0 Å². The molecule has 1 aromatic carbocycles. The number of carbonyl (C=O) groups is 1. The molecular weight excluding hydrogens is 382 g/mol. The van der Waals surface area contributed by atoms with Gasteiger partial charge in [0.1, 0.15) is 9.77 Å². The maximum absolute atomic E-state index is 13.1. The van der Waals surface area contributed by atoms with Gasteiger partial charge in [-0.15, -0.1) is 11.3 Å². The molecule has 146 valence electrons. The summed E-state index contributed by atoms with van der Waals surface area (Å²) in [6, 6.07) is 9.43. The Morgan fingerprint density at radius 3 is 2.70 bits per heavy atom. The highest BCUT2D eigenvalue weighted by atomic mass is 32.2. The fraction of sp³-hybridized carbons (Fsp3) is 0.421. The fourth-order valence-electron chi connectivity index (χ4n) is 3.16. The molecule has 1 amide bonds. The number of hydrogen-bond donors (Lipinski definition) is 1. The van der Waals surface area contributed by atoms with Crippen molar-refractivity contribution in [1.29, 1.82) is 0 Å². The minimum Gasteiger partial charge on any atom is -0.351 e. The largest absolute Gasteiger partial charge is 0.351 e. The van der Waals surface area contributed by atoms with E-state index in [4.69, 9.17) is 0 Å². The van der Waals surface area contributed by atoms with Gasteiger partial charge >= 0.3 is 0 Å². The minimum atomic E-state index is -3.71. The molecule has 2 heterocycles. The first kappa shape index (κ1) is 20.0. The zero-order valence-corrected chi connectivity index (χ0v) is 17.3. The van der Waals surface area contributed by atoms with Crippen molar-refractivity contribution in [3.05, 3.63) is 51.7 Å². The van der Waals surface area contributed by atoms with Crippen LogP contribution >= 0.6 is 11.3 Å². The standard InChI is InChI=1S/C19H25N3O3S2/c1-21(2)11-5-10-20-19(23)18-17(9-13-26-18)27(24,25)22-12-8-15-6-3-4-7-16(15)14-22/h3-4,6-7,9,13H,5,8,10-12,14H2,1-2H3,(H,20,23). The first-order valence-electron chi connectivity index (χ1n) is 8.97. The van der Waals surface area contributed by atoms with Crippen LogP contribution in [0.1, 0.15) is 27.2 Å². The highest BCUT2D eigenvalue weighted by Gasteiger charge is 2.32. The van der Waals surface area contributed by atoms with Crippen molar-refractivity contribution in [2.45, 2.75) is 24.3 Å². The molecule has 0 bridgehead atoms. The lowest BCUT2D eigenvalue weighted by Gasteiger charge is -2.28. The summed E-state index contributed by atoms with van der Waals surface area (Å²) in [7, 11) is 0.243. The van der Waals surface area contributed by atoms with Gasteiger partial charge in [-0.3, -0.25) is 4.79 Å². The van der Waals surface area contributed by atoms with Gasteiger partial charge in [0.25, 0.3) is 5.91 Å². The molecule has 0 saturated heterocycles. The van der Waals surface area contributed by atoms with Crippen LogP contribution in [0.4, 0.5) is 0 Å². The Kier molecular flexibility index (Phi) is 6.31. The number of sulfonamides is 1. The van der Waals surface area contributed by atoms with Crippen LogP contribution in [0.5, 0.6) is 0 Å². The summed E-state index contributed by atoms with van der Waals surface area (Å²) in [5.41, 5.74) is 2.21. The van der Waals surface area contributed by atoms with Crippen molar-refractivity contribution in [1.82, 2.24) is 14.5 Å². The number of amides is 1. The molecule has 0 saturated carbocycles. The summed E-state index contributed by atoms with van der Waals surface area (Å²) < 4.78 is 27.8. The van der Waals surface area contributed by atoms with E-state index in [1.807, 2.05) is 43.3 Å². The van der Waals surface area contributed by atoms with Gasteiger partial charge in [0, 0.05) is 19.6 Å². The molecule has 0 radical (unpaired) electrons. The molecule has 3 rings (SSSR count). The average molecular weight is 408 g/mol. The summed E-state index contributed by atoms with van der Waals surface area (Å²) in [5, 5.41) is 4.50. The Morgan fingerprint density at radius 1 is 1.22 bits per heavy atom. The molecule has 1 N–H and O–H groups in total. The van der Waals surface area contributed by atoms with Crippen LogP contribution in [0.25, 0.3) is 0 Å². The molecule has 1 aromatic heterocycles. The lowest BCUT2D eigenvalue weighted by molar-refractivity contribution is 0.0953. The summed E-state index contributed by atoms with van der Waals surface area (Å²) in [6.07, 6.45) is 1.50. The lowest BCUT2D eigenvalue weighted by Crippen LogP contribution is -2.37. The molecule has 6 nitrogen and oxygen atoms in total. The highest BCUT2D eigenvalue weighted by Crippen LogP contribution is 2.29. The normalized spacial score (nSPS) is 14.9. The van der Waals surface area contributed by atoms with E-state index in [0.717, 1.165) is 18.5 Å². The van der Waals surface area contributed by atoms with Gasteiger partial charge < -0.3 is 10.2 Å². The van der Waals surface area contributed by atoms with E-state index in [9.17, 15) is 13.2 Å². The first-order chi connectivity index (χ1) is 12.9. The van der Waals surface area contributed by atoms with Gasteiger partial charge in [0.05, 0.1) is 0 Å². The highest BCUT2D eigenvalue weighted by molar-refractivity contribution is 7.89. The van der Waals surface area contributed by atoms with Crippen LogP contribution in [0.15, 0.2) is 40.6 Å². The minimum absolute atomic E-state index is 0.108. The van der Waals surface area contributed by atoms with Gasteiger partial charge in [-0.05, 0) is 56.1 Å². The van der Waals surface area contributed by atoms with Crippen molar-refractivity contribution in [3.63, 3.8) is 0 Å². The smallest absolute Gasteiger partial charge is 0.262 e. The summed E-state index contributed by atoms with van der Waals surface area (Å²) in [6.45, 7) is 2.16. The van der Waals surface area contributed by atoms with Crippen LogP contribution in [-0.2, 0) is 23.0 Å². The van der Waals surface area contributed by atoms with Crippen molar-refractivity contribution in [3.8, 4) is 0 Å². The van der Waals surface area contributed by atoms with Gasteiger partial charge in [0.2, 0.25) is 10.0 Å². The van der Waals surface area contributed by atoms with Gasteiger partial charge in [0.15, 0.2) is 0 Å². The Labute approximate surface area is 164 Å². The number of carbonyl (C=O) groups excluding carboxylic acids is 1. The molecule has 1 aliphatic rings. The molecule has 0 fully saturated rings. The Morgan fingerprint density at radius 2 is 1.96 bits per heavy atom. The number of fused-ring (bicyclic) bond motifs is 1. The number of nitrogens with one attached hydrogen (secondary N) is 1. The second-order valence-electron chi connectivity index (χ2n) is 6.88. The predicted molar refractivity (Wildman–Crippen MR) is 108 cm³/mol. The zero-order valence-electron chi connectivity index (χ0n) is 15.6. The van der Waals surface area contributed by atoms with E-state index < -0.39 is 10.0 Å². The summed E-state index contributed by atoms with van der Waals surface area (Å²) >= 11 is 1.17. The van der Waals surface area contributed by atoms with E-state index in [1.54, 1.807) is 5.38 Å². The molecule has 0 unspecified atom stereocenters. The van der Waals surface area contributed by atoms with E-state index in [1.165, 1.54) is 27.3 Å². The lowest BCUT2D eigenvalue weighted by atomic mass is 10.0. The van der Waals surface area contributed by atoms with Crippen molar-refractivity contribution < 1.29 is 13.2 Å². The average Bonchev–Trinajstić information content (AvgIpc) is 3.15. The summed E-state index contributed by atoms with van der Waals surface area (Å²) in [5.74, 6) is -0.320. The molecule has 0 aliphatic carbocycles. The van der Waals surface area contributed by atoms with Gasteiger partial charge in [-0.2, -0.15) is 4.31 Å². The van der Waals surface area contributed by atoms with Crippen LogP contribution in [0.2, 0.25) is 0 Å². The zero-order chi connectivity index (χ0) is 19.4. The third kappa shape index (κ3) is 4.57. The quantitative estimate of drug-likeness (QED) is 0.714. The van der Waals surface area contributed by atoms with Crippen LogP contribution in [0, 0.1) is 0 Å². The number of rotatable bonds is 7. The van der Waals surface area contributed by atoms with E-state index in [2.05, 4.69) is 5.32 Å². The number of hydrogen-bond acceptors (Lipinski definition) is 5. The Bertz CT molecular complexity index is 906. The van der Waals surface area contributed by atoms with Crippen LogP contribution in [0.3, 0.4) is 0 Å². The second kappa shape index (κ2) is 8.52. The molecule has 27 heavy (non-hydrogen) atoms. The van der Waals surface area contributed by atoms with E-state index in [-0.39, 0.29) is 15.7 Å².